The molecular formula is C8H7Cl2N5O2S. The number of hydrogen-bond acceptors (Lipinski definition) is 5. The third kappa shape index (κ3) is 2.55. The predicted octanol–water partition coefficient (Wildman–Crippen LogP) is 1.32. The van der Waals surface area contributed by atoms with Crippen molar-refractivity contribution in [2.75, 3.05) is 4.72 Å². The van der Waals surface area contributed by atoms with Gasteiger partial charge in [-0.25, -0.2) is 15.0 Å². The first-order chi connectivity index (χ1) is 8.40. The third-order valence-electron chi connectivity index (χ3n) is 1.95. The van der Waals surface area contributed by atoms with Gasteiger partial charge in [0, 0.05) is 13.2 Å². The summed E-state index contributed by atoms with van der Waals surface area (Å²) in [7, 11) is -2.22. The fraction of sp³-hybridized carbons (Fsp3) is 0.125. The number of nitrogens with one attached hydrogen (secondary N) is 1. The number of halogens is 2. The zero-order valence-corrected chi connectivity index (χ0v) is 11.3. The highest BCUT2D eigenvalue weighted by atomic mass is 35.5. The highest BCUT2D eigenvalue weighted by Crippen LogP contribution is 2.27. The molecule has 2 rings (SSSR count). The van der Waals surface area contributed by atoms with Crippen molar-refractivity contribution in [1.29, 1.82) is 0 Å². The minimum absolute atomic E-state index is 0.0773. The maximum absolute atomic E-state index is 12.0. The Labute approximate surface area is 113 Å². The van der Waals surface area contributed by atoms with Crippen LogP contribution in [0.1, 0.15) is 0 Å². The van der Waals surface area contributed by atoms with E-state index in [4.69, 9.17) is 23.2 Å². The van der Waals surface area contributed by atoms with E-state index in [0.717, 1.165) is 6.33 Å². The van der Waals surface area contributed by atoms with Crippen LogP contribution in [0.4, 0.5) is 5.69 Å². The molecule has 10 heteroatoms. The van der Waals surface area contributed by atoms with Crippen LogP contribution >= 0.6 is 23.2 Å². The molecule has 0 aromatic carbocycles. The molecule has 0 saturated carbocycles. The highest BCUT2D eigenvalue weighted by molar-refractivity contribution is 7.92. The van der Waals surface area contributed by atoms with Crippen LogP contribution in [0.25, 0.3) is 0 Å². The maximum atomic E-state index is 12.0. The van der Waals surface area contributed by atoms with Gasteiger partial charge in [-0.1, -0.05) is 23.2 Å². The molecule has 0 saturated heterocycles. The second kappa shape index (κ2) is 4.71. The van der Waals surface area contributed by atoms with Crippen molar-refractivity contribution in [2.45, 2.75) is 5.03 Å². The van der Waals surface area contributed by atoms with E-state index in [-0.39, 0.29) is 21.0 Å². The Morgan fingerprint density at radius 1 is 1.22 bits per heavy atom. The lowest BCUT2D eigenvalue weighted by atomic mass is 10.6. The van der Waals surface area contributed by atoms with Gasteiger partial charge in [0.1, 0.15) is 12.0 Å². The molecule has 0 atom stereocenters. The first kappa shape index (κ1) is 13.1. The van der Waals surface area contributed by atoms with Gasteiger partial charge in [0.05, 0.1) is 6.33 Å². The van der Waals surface area contributed by atoms with E-state index in [1.807, 2.05) is 0 Å². The highest BCUT2D eigenvalue weighted by Gasteiger charge is 2.21. The van der Waals surface area contributed by atoms with Crippen LogP contribution < -0.4 is 4.72 Å². The molecule has 0 aliphatic carbocycles. The molecule has 0 radical (unpaired) electrons. The number of aryl methyl sites for hydroxylation is 1. The molecule has 96 valence electrons. The molecular weight excluding hydrogens is 301 g/mol. The van der Waals surface area contributed by atoms with Crippen molar-refractivity contribution in [2.24, 2.45) is 7.05 Å². The summed E-state index contributed by atoms with van der Waals surface area (Å²) in [4.78, 5) is 11.0. The first-order valence-corrected chi connectivity index (χ1v) is 6.81. The van der Waals surface area contributed by atoms with Gasteiger partial charge in [-0.2, -0.15) is 8.42 Å². The SMILES string of the molecule is Cn1cnc(S(=O)(=O)Nc2c(Cl)ncnc2Cl)c1. The second-order valence-electron chi connectivity index (χ2n) is 3.31. The average Bonchev–Trinajstić information content (AvgIpc) is 2.71. The van der Waals surface area contributed by atoms with Crippen LogP contribution in [-0.4, -0.2) is 27.9 Å². The lowest BCUT2D eigenvalue weighted by Gasteiger charge is -2.07. The molecule has 0 unspecified atom stereocenters. The van der Waals surface area contributed by atoms with Crippen molar-refractivity contribution in [3.05, 3.63) is 29.2 Å². The number of rotatable bonds is 3. The van der Waals surface area contributed by atoms with E-state index in [9.17, 15) is 8.42 Å². The van der Waals surface area contributed by atoms with Gasteiger partial charge in [-0.3, -0.25) is 4.72 Å². The molecule has 0 bridgehead atoms. The van der Waals surface area contributed by atoms with E-state index in [1.54, 1.807) is 7.05 Å². The van der Waals surface area contributed by atoms with Crippen molar-refractivity contribution < 1.29 is 8.42 Å². The van der Waals surface area contributed by atoms with Crippen LogP contribution in [0.15, 0.2) is 23.9 Å². The van der Waals surface area contributed by atoms with Gasteiger partial charge in [-0.05, 0) is 0 Å². The quantitative estimate of drug-likeness (QED) is 0.864. The minimum atomic E-state index is -3.87. The number of imidazole rings is 1. The average molecular weight is 308 g/mol. The largest absolute Gasteiger partial charge is 0.339 e. The van der Waals surface area contributed by atoms with E-state index < -0.39 is 10.0 Å². The minimum Gasteiger partial charge on any atom is -0.339 e. The van der Waals surface area contributed by atoms with Gasteiger partial charge in [0.15, 0.2) is 15.3 Å². The summed E-state index contributed by atoms with van der Waals surface area (Å²) < 4.78 is 27.6. The van der Waals surface area contributed by atoms with Crippen LogP contribution in [0, 0.1) is 0 Å². The van der Waals surface area contributed by atoms with Crippen molar-refractivity contribution in [1.82, 2.24) is 19.5 Å². The van der Waals surface area contributed by atoms with E-state index in [0.29, 0.717) is 0 Å². The molecule has 0 aliphatic heterocycles. The van der Waals surface area contributed by atoms with E-state index in [1.165, 1.54) is 17.1 Å². The summed E-state index contributed by atoms with van der Waals surface area (Å²) in [5, 5.41) is -0.329. The Balaban J connectivity index is 2.40. The number of aromatic nitrogens is 4. The van der Waals surface area contributed by atoms with E-state index >= 15 is 0 Å². The van der Waals surface area contributed by atoms with Crippen LogP contribution in [-0.2, 0) is 17.1 Å². The number of sulfonamides is 1. The van der Waals surface area contributed by atoms with Gasteiger partial charge >= 0.3 is 0 Å². The van der Waals surface area contributed by atoms with Crippen molar-refractivity contribution in [3.63, 3.8) is 0 Å². The summed E-state index contributed by atoms with van der Waals surface area (Å²) in [5.41, 5.74) is -0.0773. The van der Waals surface area contributed by atoms with Crippen molar-refractivity contribution in [3.8, 4) is 0 Å². The topological polar surface area (TPSA) is 89.8 Å². The molecule has 0 fully saturated rings. The molecule has 0 aliphatic rings. The molecule has 0 spiro atoms. The van der Waals surface area contributed by atoms with Gasteiger partial charge in [0.25, 0.3) is 10.0 Å². The molecule has 2 aromatic heterocycles. The number of hydrogen-bond donors (Lipinski definition) is 1. The Hall–Kier alpha value is -1.38. The Kier molecular flexibility index (Phi) is 3.42. The van der Waals surface area contributed by atoms with Crippen molar-refractivity contribution >= 4 is 38.9 Å². The zero-order valence-electron chi connectivity index (χ0n) is 9.00. The van der Waals surface area contributed by atoms with E-state index in [2.05, 4.69) is 19.7 Å². The fourth-order valence-corrected chi connectivity index (χ4v) is 2.72. The monoisotopic (exact) mass is 307 g/mol. The molecule has 18 heavy (non-hydrogen) atoms. The smallest absolute Gasteiger partial charge is 0.281 e. The lowest BCUT2D eigenvalue weighted by molar-refractivity contribution is 0.598. The molecule has 2 heterocycles. The Morgan fingerprint density at radius 2 is 1.83 bits per heavy atom. The standard InChI is InChI=1S/C8H7Cl2N5O2S/c1-15-2-5(13-4-15)18(16,17)14-6-7(9)11-3-12-8(6)10/h2-4,14H,1H3. The Morgan fingerprint density at radius 3 is 2.33 bits per heavy atom. The Bertz CT molecular complexity index is 664. The predicted molar refractivity (Wildman–Crippen MR) is 66.1 cm³/mol. The lowest BCUT2D eigenvalue weighted by Crippen LogP contribution is -2.14. The van der Waals surface area contributed by atoms with Gasteiger partial charge in [0.2, 0.25) is 0 Å². The summed E-state index contributed by atoms with van der Waals surface area (Å²) in [6, 6.07) is 0. The number of anilines is 1. The second-order valence-corrected chi connectivity index (χ2v) is 5.66. The third-order valence-corrected chi connectivity index (χ3v) is 3.76. The molecule has 7 nitrogen and oxygen atoms in total. The van der Waals surface area contributed by atoms with Crippen LogP contribution in [0.2, 0.25) is 10.3 Å². The summed E-state index contributed by atoms with van der Waals surface area (Å²) >= 11 is 11.5. The normalized spacial score (nSPS) is 11.5. The van der Waals surface area contributed by atoms with Crippen LogP contribution in [0.5, 0.6) is 0 Å². The summed E-state index contributed by atoms with van der Waals surface area (Å²) in [6.45, 7) is 0. The first-order valence-electron chi connectivity index (χ1n) is 4.57. The maximum Gasteiger partial charge on any atom is 0.281 e. The molecule has 2 aromatic rings. The van der Waals surface area contributed by atoms with Crippen LogP contribution in [0.3, 0.4) is 0 Å². The summed E-state index contributed by atoms with van der Waals surface area (Å²) in [6.07, 6.45) is 3.83. The zero-order chi connectivity index (χ0) is 13.3. The summed E-state index contributed by atoms with van der Waals surface area (Å²) in [5.74, 6) is 0. The molecule has 1 N–H and O–H groups in total. The number of nitrogens with zero attached hydrogens (tertiary/aromatic N) is 4. The van der Waals surface area contributed by atoms with Gasteiger partial charge in [-0.15, -0.1) is 0 Å². The van der Waals surface area contributed by atoms with Gasteiger partial charge < -0.3 is 4.57 Å². The molecule has 0 amide bonds. The fourth-order valence-electron chi connectivity index (χ4n) is 1.14.